The number of nitriles is 1. The molecule has 3 aromatic carbocycles. The Labute approximate surface area is 343 Å². The van der Waals surface area contributed by atoms with E-state index in [1.165, 1.54) is 11.0 Å². The highest BCUT2D eigenvalue weighted by atomic mass is 28.1. The van der Waals surface area contributed by atoms with Gasteiger partial charge in [0.15, 0.2) is 0 Å². The Bertz CT molecular complexity index is 2030. The standard InChI is InChI=1S/C44H53FN5O7Si/c1-43(2,3)56-37(51)18-17-36(58)39(40(47)52)50-25-32-31(41(50)53)9-8-10-35(32)55-26-27-11-14-29(15-12-27)38(48(7)42(54)57-44(4,5)6)30-19-21-49(22-20-30)34-16-13-28(24-46)23-33(34)45/h8-16,23,30,36,38-39H,17-22,25-26H2,1-7H3,(H2,47,52)/t36-,38?,39-/m0/s1. The molecule has 3 amide bonds. The van der Waals surface area contributed by atoms with Crippen LogP contribution >= 0.6 is 0 Å². The van der Waals surface area contributed by atoms with Crippen LogP contribution in [0, 0.1) is 23.1 Å². The first-order valence-corrected chi connectivity index (χ1v) is 20.1. The number of halogens is 1. The van der Waals surface area contributed by atoms with E-state index in [1.54, 1.807) is 63.1 Å². The van der Waals surface area contributed by atoms with Crippen molar-refractivity contribution in [1.29, 1.82) is 5.26 Å². The second-order valence-corrected chi connectivity index (χ2v) is 17.7. The number of hydrogen-bond acceptors (Lipinski definition) is 9. The number of rotatable bonds is 13. The van der Waals surface area contributed by atoms with Crippen LogP contribution in [0.25, 0.3) is 0 Å². The number of nitrogens with two attached hydrogens (primary N) is 1. The van der Waals surface area contributed by atoms with Crippen molar-refractivity contribution in [2.75, 3.05) is 25.0 Å². The number of ether oxygens (including phenoxy) is 3. The number of hydrogen-bond donors (Lipinski definition) is 1. The fraction of sp³-hybridized carbons (Fsp3) is 0.477. The van der Waals surface area contributed by atoms with Gasteiger partial charge in [0, 0.05) is 47.9 Å². The van der Waals surface area contributed by atoms with Crippen molar-refractivity contribution in [2.24, 2.45) is 11.7 Å². The third kappa shape index (κ3) is 10.7. The largest absolute Gasteiger partial charge is 0.489 e. The van der Waals surface area contributed by atoms with Crippen LogP contribution in [0.4, 0.5) is 14.9 Å². The number of primary amides is 1. The van der Waals surface area contributed by atoms with Crippen molar-refractivity contribution in [3.05, 3.63) is 94.3 Å². The van der Waals surface area contributed by atoms with Gasteiger partial charge in [0.2, 0.25) is 5.91 Å². The Balaban J connectivity index is 1.28. The van der Waals surface area contributed by atoms with Crippen molar-refractivity contribution in [2.45, 2.75) is 109 Å². The summed E-state index contributed by atoms with van der Waals surface area (Å²) in [5.41, 5.74) is 7.41. The van der Waals surface area contributed by atoms with Gasteiger partial charge in [-0.3, -0.25) is 14.4 Å². The molecule has 0 bridgehead atoms. The molecule has 58 heavy (non-hydrogen) atoms. The minimum Gasteiger partial charge on any atom is -0.489 e. The van der Waals surface area contributed by atoms with Gasteiger partial charge in [0.1, 0.15) is 35.4 Å². The van der Waals surface area contributed by atoms with Gasteiger partial charge in [0.05, 0.1) is 29.9 Å². The number of amides is 3. The number of piperidine rings is 1. The number of carbonyl (C=O) groups excluding carboxylic acids is 4. The minimum absolute atomic E-state index is 0.0375. The van der Waals surface area contributed by atoms with Crippen LogP contribution in [0.2, 0.25) is 5.54 Å². The summed E-state index contributed by atoms with van der Waals surface area (Å²) in [6.45, 7) is 12.2. The van der Waals surface area contributed by atoms with E-state index in [2.05, 4.69) is 10.2 Å². The van der Waals surface area contributed by atoms with Crippen LogP contribution in [0.15, 0.2) is 60.7 Å². The number of nitrogens with zero attached hydrogens (tertiary/aromatic N) is 4. The monoisotopic (exact) mass is 810 g/mol. The second-order valence-electron chi connectivity index (χ2n) is 17.0. The van der Waals surface area contributed by atoms with Gasteiger partial charge in [-0.25, -0.2) is 9.18 Å². The highest BCUT2D eigenvalue weighted by molar-refractivity contribution is 6.15. The Morgan fingerprint density at radius 2 is 1.66 bits per heavy atom. The fourth-order valence-corrected chi connectivity index (χ4v) is 8.09. The fourth-order valence-electron chi connectivity index (χ4n) is 7.60. The van der Waals surface area contributed by atoms with Crippen LogP contribution in [0.3, 0.4) is 0 Å². The van der Waals surface area contributed by atoms with E-state index in [0.29, 0.717) is 48.5 Å². The summed E-state index contributed by atoms with van der Waals surface area (Å²) in [5.74, 6) is -1.37. The average Bonchev–Trinajstić information content (AvgIpc) is 3.48. The molecule has 14 heteroatoms. The molecule has 5 rings (SSSR count). The lowest BCUT2D eigenvalue weighted by Gasteiger charge is -2.41. The van der Waals surface area contributed by atoms with Crippen LogP contribution in [-0.4, -0.2) is 81.3 Å². The molecule has 3 atom stereocenters. The molecular weight excluding hydrogens is 758 g/mol. The van der Waals surface area contributed by atoms with E-state index in [-0.39, 0.29) is 49.4 Å². The highest BCUT2D eigenvalue weighted by Gasteiger charge is 2.40. The SMILES string of the molecule is CN(C(=O)OC(C)(C)C)C(c1ccc(COc2cccc3c2CN([C@H](C(N)=O)[C@@H]([Si])CCC(=O)OC(C)(C)C)C3=O)cc1)C1CCN(c2ccc(C#N)cc2F)CC1. The molecule has 2 aliphatic rings. The zero-order valence-electron chi connectivity index (χ0n) is 34.3. The van der Waals surface area contributed by atoms with Crippen molar-refractivity contribution in [3.63, 3.8) is 0 Å². The first-order valence-electron chi connectivity index (χ1n) is 19.5. The summed E-state index contributed by atoms with van der Waals surface area (Å²) < 4.78 is 32.4. The van der Waals surface area contributed by atoms with Gasteiger partial charge in [0.25, 0.3) is 5.91 Å². The molecule has 0 saturated carbocycles. The zero-order chi connectivity index (χ0) is 42.5. The molecule has 307 valence electrons. The van der Waals surface area contributed by atoms with E-state index in [1.807, 2.05) is 56.0 Å². The molecule has 0 spiro atoms. The maximum Gasteiger partial charge on any atom is 0.410 e. The normalized spacial score (nSPS) is 16.2. The van der Waals surface area contributed by atoms with Crippen LogP contribution in [0.5, 0.6) is 5.75 Å². The Morgan fingerprint density at radius 1 is 1.00 bits per heavy atom. The predicted molar refractivity (Wildman–Crippen MR) is 217 cm³/mol. The lowest BCUT2D eigenvalue weighted by atomic mass is 9.84. The third-order valence-corrected chi connectivity index (χ3v) is 10.9. The molecule has 0 aliphatic carbocycles. The van der Waals surface area contributed by atoms with Crippen molar-refractivity contribution >= 4 is 39.8 Å². The number of esters is 1. The molecule has 1 unspecified atom stereocenters. The molecule has 0 aromatic heterocycles. The van der Waals surface area contributed by atoms with E-state index in [4.69, 9.17) is 25.2 Å². The maximum absolute atomic E-state index is 14.9. The van der Waals surface area contributed by atoms with E-state index >= 15 is 0 Å². The maximum atomic E-state index is 14.9. The zero-order valence-corrected chi connectivity index (χ0v) is 35.3. The molecule has 2 heterocycles. The molecule has 1 fully saturated rings. The van der Waals surface area contributed by atoms with Crippen molar-refractivity contribution < 1.29 is 37.8 Å². The summed E-state index contributed by atoms with van der Waals surface area (Å²) >= 11 is 0. The van der Waals surface area contributed by atoms with Crippen molar-refractivity contribution in [3.8, 4) is 11.8 Å². The Morgan fingerprint density at radius 3 is 2.24 bits per heavy atom. The van der Waals surface area contributed by atoms with Gasteiger partial charge in [-0.15, -0.1) is 0 Å². The van der Waals surface area contributed by atoms with Gasteiger partial charge < -0.3 is 34.6 Å². The van der Waals surface area contributed by atoms with E-state index in [9.17, 15) is 23.6 Å². The first-order chi connectivity index (χ1) is 27.3. The number of benzene rings is 3. The lowest BCUT2D eigenvalue weighted by molar-refractivity contribution is -0.155. The average molecular weight is 811 g/mol. The third-order valence-electron chi connectivity index (χ3n) is 10.3. The Hall–Kier alpha value is -5.42. The molecule has 2 N–H and O–H groups in total. The van der Waals surface area contributed by atoms with Crippen LogP contribution < -0.4 is 15.4 Å². The second kappa shape index (κ2) is 18.0. The van der Waals surface area contributed by atoms with Crippen LogP contribution in [-0.2, 0) is 32.2 Å². The molecule has 3 aromatic rings. The molecule has 2 aliphatic heterocycles. The summed E-state index contributed by atoms with van der Waals surface area (Å²) in [6.07, 6.45) is 1.20. The van der Waals surface area contributed by atoms with Gasteiger partial charge >= 0.3 is 12.1 Å². The summed E-state index contributed by atoms with van der Waals surface area (Å²) in [7, 11) is 5.32. The van der Waals surface area contributed by atoms with E-state index < -0.39 is 46.6 Å². The van der Waals surface area contributed by atoms with Crippen LogP contribution in [0.1, 0.15) is 106 Å². The molecule has 12 nitrogen and oxygen atoms in total. The van der Waals surface area contributed by atoms with E-state index in [0.717, 1.165) is 11.1 Å². The Kier molecular flexibility index (Phi) is 13.6. The lowest BCUT2D eigenvalue weighted by Crippen LogP contribution is -2.47. The summed E-state index contributed by atoms with van der Waals surface area (Å²) in [5, 5.41) is 9.16. The summed E-state index contributed by atoms with van der Waals surface area (Å²) in [4.78, 5) is 57.1. The smallest absolute Gasteiger partial charge is 0.410 e. The topological polar surface area (TPSA) is 156 Å². The number of fused-ring (bicyclic) bond motifs is 1. The van der Waals surface area contributed by atoms with Gasteiger partial charge in [-0.1, -0.05) is 30.3 Å². The van der Waals surface area contributed by atoms with Gasteiger partial charge in [-0.2, -0.15) is 5.26 Å². The quantitative estimate of drug-likeness (QED) is 0.142. The van der Waals surface area contributed by atoms with Gasteiger partial charge in [-0.05, 0) is 114 Å². The molecule has 1 saturated heterocycles. The molecular formula is C44H53FN5O7Si. The highest BCUT2D eigenvalue weighted by Crippen LogP contribution is 2.39. The summed E-state index contributed by atoms with van der Waals surface area (Å²) in [6, 6.07) is 18.2. The molecule has 3 radical (unpaired) electrons. The predicted octanol–water partition coefficient (Wildman–Crippen LogP) is 6.99. The number of carbonyl (C=O) groups is 4. The minimum atomic E-state index is -1.02. The number of anilines is 1. The first kappa shape index (κ1) is 43.7. The van der Waals surface area contributed by atoms with Crippen molar-refractivity contribution in [1.82, 2.24) is 9.80 Å².